The van der Waals surface area contributed by atoms with Gasteiger partial charge < -0.3 is 9.73 Å². The molecule has 1 saturated heterocycles. The molecule has 1 atom stereocenters. The summed E-state index contributed by atoms with van der Waals surface area (Å²) in [6.07, 6.45) is 9.15. The number of halogens is 1. The average molecular weight is 407 g/mol. The van der Waals surface area contributed by atoms with Crippen molar-refractivity contribution in [3.05, 3.63) is 71.0 Å². The quantitative estimate of drug-likeness (QED) is 0.581. The van der Waals surface area contributed by atoms with Gasteiger partial charge in [0.25, 0.3) is 5.91 Å². The first kappa shape index (κ1) is 18.5. The van der Waals surface area contributed by atoms with Crippen molar-refractivity contribution in [2.24, 2.45) is 0 Å². The monoisotopic (exact) mass is 406 g/mol. The molecule has 1 unspecified atom stereocenters. The van der Waals surface area contributed by atoms with Gasteiger partial charge in [-0.05, 0) is 61.7 Å². The van der Waals surface area contributed by atoms with Crippen molar-refractivity contribution in [1.82, 2.24) is 4.90 Å². The van der Waals surface area contributed by atoms with Crippen LogP contribution in [0.25, 0.3) is 16.5 Å². The summed E-state index contributed by atoms with van der Waals surface area (Å²) in [7, 11) is 0. The van der Waals surface area contributed by atoms with Gasteiger partial charge in [-0.15, -0.1) is 0 Å². The van der Waals surface area contributed by atoms with Crippen molar-refractivity contribution < 1.29 is 9.21 Å². The number of fused-ring (bicyclic) bond motifs is 2. The van der Waals surface area contributed by atoms with E-state index in [0.29, 0.717) is 16.6 Å². The molecule has 2 aliphatic rings. The number of rotatable bonds is 3. The summed E-state index contributed by atoms with van der Waals surface area (Å²) in [5.74, 6) is -0.213. The van der Waals surface area contributed by atoms with Crippen LogP contribution in [0.2, 0.25) is 5.02 Å². The van der Waals surface area contributed by atoms with Gasteiger partial charge in [0.1, 0.15) is 5.58 Å². The molecule has 4 nitrogen and oxygen atoms in total. The van der Waals surface area contributed by atoms with Gasteiger partial charge in [0.05, 0.1) is 16.8 Å². The fourth-order valence-corrected chi connectivity index (χ4v) is 4.74. The molecule has 0 bridgehead atoms. The molecule has 3 aromatic rings. The molecule has 3 heterocycles. The maximum atomic E-state index is 12.6. The van der Waals surface area contributed by atoms with E-state index in [4.69, 9.17) is 16.0 Å². The molecule has 2 aliphatic heterocycles. The molecule has 0 radical (unpaired) electrons. The van der Waals surface area contributed by atoms with Gasteiger partial charge in [0, 0.05) is 29.2 Å². The number of amides is 1. The molecule has 0 aliphatic carbocycles. The van der Waals surface area contributed by atoms with Gasteiger partial charge in [0.15, 0.2) is 0 Å². The Hall–Kier alpha value is -2.56. The molecular formula is C24H23ClN2O2. The topological polar surface area (TPSA) is 45.5 Å². The Morgan fingerprint density at radius 1 is 1.17 bits per heavy atom. The van der Waals surface area contributed by atoms with Crippen LogP contribution in [-0.4, -0.2) is 29.9 Å². The molecule has 1 amide bonds. The van der Waals surface area contributed by atoms with Gasteiger partial charge in [-0.25, -0.2) is 0 Å². The SMILES string of the molecule is O=C(Nc1ccc2occ(C3=CCN4CCCCC4C3)c2c1)c1ccccc1Cl. The van der Waals surface area contributed by atoms with Gasteiger partial charge in [-0.2, -0.15) is 0 Å². The Morgan fingerprint density at radius 2 is 2.07 bits per heavy atom. The second-order valence-electron chi connectivity index (χ2n) is 7.87. The third kappa shape index (κ3) is 3.59. The third-order valence-electron chi connectivity index (χ3n) is 6.07. The highest BCUT2D eigenvalue weighted by Crippen LogP contribution is 2.36. The van der Waals surface area contributed by atoms with E-state index < -0.39 is 0 Å². The molecule has 2 aromatic carbocycles. The van der Waals surface area contributed by atoms with Crippen LogP contribution in [-0.2, 0) is 0 Å². The predicted molar refractivity (Wildman–Crippen MR) is 117 cm³/mol. The Kier molecular flexibility index (Phi) is 4.90. The van der Waals surface area contributed by atoms with Crippen LogP contribution < -0.4 is 5.32 Å². The standard InChI is InChI=1S/C24H23ClN2O2/c25-22-7-2-1-6-19(22)24(28)26-17-8-9-23-20(14-17)21(15-29-23)16-10-12-27-11-4-3-5-18(27)13-16/h1-2,6-10,14-15,18H,3-5,11-13H2,(H,26,28). The molecule has 1 aromatic heterocycles. The zero-order valence-electron chi connectivity index (χ0n) is 16.2. The van der Waals surface area contributed by atoms with Gasteiger partial charge >= 0.3 is 0 Å². The summed E-state index contributed by atoms with van der Waals surface area (Å²) in [6.45, 7) is 2.22. The fraction of sp³-hybridized carbons (Fsp3) is 0.292. The maximum Gasteiger partial charge on any atom is 0.257 e. The van der Waals surface area contributed by atoms with Gasteiger partial charge in [-0.3, -0.25) is 9.69 Å². The molecule has 1 N–H and O–H groups in total. The van der Waals surface area contributed by atoms with Crippen LogP contribution in [0.4, 0.5) is 5.69 Å². The summed E-state index contributed by atoms with van der Waals surface area (Å²) in [5.41, 5.74) is 4.53. The number of carbonyl (C=O) groups excluding carboxylic acids is 1. The first-order valence-corrected chi connectivity index (χ1v) is 10.6. The molecule has 0 saturated carbocycles. The van der Waals surface area contributed by atoms with E-state index >= 15 is 0 Å². The molecule has 5 heteroatoms. The number of hydrogen-bond donors (Lipinski definition) is 1. The first-order chi connectivity index (χ1) is 14.2. The first-order valence-electron chi connectivity index (χ1n) is 10.2. The van der Waals surface area contributed by atoms with E-state index in [1.807, 2.05) is 36.6 Å². The Morgan fingerprint density at radius 3 is 2.97 bits per heavy atom. The zero-order valence-corrected chi connectivity index (χ0v) is 16.9. The molecule has 1 fully saturated rings. The van der Waals surface area contributed by atoms with Crippen molar-refractivity contribution in [2.75, 3.05) is 18.4 Å². The lowest BCUT2D eigenvalue weighted by atomic mass is 9.89. The lowest BCUT2D eigenvalue weighted by molar-refractivity contribution is 0.102. The number of benzene rings is 2. The number of nitrogens with zero attached hydrogens (tertiary/aromatic N) is 1. The number of furan rings is 1. The molecule has 29 heavy (non-hydrogen) atoms. The number of hydrogen-bond acceptors (Lipinski definition) is 3. The highest BCUT2D eigenvalue weighted by atomic mass is 35.5. The second-order valence-corrected chi connectivity index (χ2v) is 8.28. The summed E-state index contributed by atoms with van der Waals surface area (Å²) in [5, 5.41) is 4.45. The van der Waals surface area contributed by atoms with E-state index in [9.17, 15) is 4.79 Å². The average Bonchev–Trinajstić information content (AvgIpc) is 3.17. The van der Waals surface area contributed by atoms with E-state index in [1.54, 1.807) is 12.1 Å². The summed E-state index contributed by atoms with van der Waals surface area (Å²) < 4.78 is 5.81. The maximum absolute atomic E-state index is 12.6. The smallest absolute Gasteiger partial charge is 0.257 e. The number of anilines is 1. The molecule has 0 spiro atoms. The fourth-order valence-electron chi connectivity index (χ4n) is 4.52. The van der Waals surface area contributed by atoms with Crippen molar-refractivity contribution >= 4 is 39.7 Å². The summed E-state index contributed by atoms with van der Waals surface area (Å²) >= 11 is 6.16. The Labute approximate surface area is 175 Å². The highest BCUT2D eigenvalue weighted by molar-refractivity contribution is 6.34. The van der Waals surface area contributed by atoms with Crippen LogP contribution in [0.3, 0.4) is 0 Å². The van der Waals surface area contributed by atoms with Crippen molar-refractivity contribution in [3.63, 3.8) is 0 Å². The minimum atomic E-state index is -0.213. The van der Waals surface area contributed by atoms with Crippen molar-refractivity contribution in [2.45, 2.75) is 31.7 Å². The molecule has 5 rings (SSSR count). The number of nitrogens with one attached hydrogen (secondary N) is 1. The van der Waals surface area contributed by atoms with Crippen LogP contribution in [0.5, 0.6) is 0 Å². The van der Waals surface area contributed by atoms with Crippen molar-refractivity contribution in [3.8, 4) is 0 Å². The molecular weight excluding hydrogens is 384 g/mol. The predicted octanol–water partition coefficient (Wildman–Crippen LogP) is 5.98. The Bertz CT molecular complexity index is 1100. The van der Waals surface area contributed by atoms with Crippen LogP contribution in [0.1, 0.15) is 41.6 Å². The van der Waals surface area contributed by atoms with E-state index in [2.05, 4.69) is 16.3 Å². The second kappa shape index (κ2) is 7.69. The van der Waals surface area contributed by atoms with E-state index in [-0.39, 0.29) is 5.91 Å². The van der Waals surface area contributed by atoms with Crippen LogP contribution in [0.15, 0.2) is 59.2 Å². The largest absolute Gasteiger partial charge is 0.464 e. The minimum Gasteiger partial charge on any atom is -0.464 e. The lowest BCUT2D eigenvalue weighted by Crippen LogP contribution is -2.41. The van der Waals surface area contributed by atoms with E-state index in [1.165, 1.54) is 31.4 Å². The van der Waals surface area contributed by atoms with Crippen molar-refractivity contribution in [1.29, 1.82) is 0 Å². The van der Waals surface area contributed by atoms with Gasteiger partial charge in [0.2, 0.25) is 0 Å². The summed E-state index contributed by atoms with van der Waals surface area (Å²) in [4.78, 5) is 15.2. The molecule has 148 valence electrons. The number of piperidine rings is 1. The minimum absolute atomic E-state index is 0.213. The zero-order chi connectivity index (χ0) is 19.8. The highest BCUT2D eigenvalue weighted by Gasteiger charge is 2.27. The van der Waals surface area contributed by atoms with E-state index in [0.717, 1.165) is 35.2 Å². The normalized spacial score (nSPS) is 19.6. The number of carbonyl (C=O) groups is 1. The van der Waals surface area contributed by atoms with Gasteiger partial charge in [-0.1, -0.05) is 36.2 Å². The van der Waals surface area contributed by atoms with Crippen LogP contribution >= 0.6 is 11.6 Å². The lowest BCUT2D eigenvalue weighted by Gasteiger charge is -2.38. The Balaban J connectivity index is 1.43. The summed E-state index contributed by atoms with van der Waals surface area (Å²) in [6, 6.07) is 13.5. The third-order valence-corrected chi connectivity index (χ3v) is 6.40. The van der Waals surface area contributed by atoms with Crippen LogP contribution in [0, 0.1) is 0 Å².